The highest BCUT2D eigenvalue weighted by atomic mass is 32.2. The minimum absolute atomic E-state index is 0.0206. The average molecular weight is 351 g/mol. The van der Waals surface area contributed by atoms with Crippen LogP contribution in [-0.2, 0) is 20.9 Å². The highest BCUT2D eigenvalue weighted by Gasteiger charge is 2.64. The van der Waals surface area contributed by atoms with Gasteiger partial charge in [0.2, 0.25) is 11.8 Å². The van der Waals surface area contributed by atoms with Crippen molar-refractivity contribution in [2.45, 2.75) is 42.6 Å². The van der Waals surface area contributed by atoms with E-state index >= 15 is 0 Å². The SMILES string of the molecule is CC1(C)S[C@@H]2C(NC(=O)Cn3ccc(=O)cc3)C(=O)N2[C@H]1C(=O)O. The maximum absolute atomic E-state index is 12.3. The van der Waals surface area contributed by atoms with Gasteiger partial charge in [0.1, 0.15) is 24.0 Å². The predicted octanol–water partition coefficient (Wildman–Crippen LogP) is -0.520. The van der Waals surface area contributed by atoms with Crippen molar-refractivity contribution in [1.82, 2.24) is 14.8 Å². The summed E-state index contributed by atoms with van der Waals surface area (Å²) in [5.41, 5.74) is -0.152. The van der Waals surface area contributed by atoms with Crippen LogP contribution < -0.4 is 10.7 Å². The Hall–Kier alpha value is -2.29. The number of fused-ring (bicyclic) bond motifs is 1. The van der Waals surface area contributed by atoms with Crippen LogP contribution in [0.3, 0.4) is 0 Å². The summed E-state index contributed by atoms with van der Waals surface area (Å²) in [6.07, 6.45) is 2.98. The van der Waals surface area contributed by atoms with Gasteiger partial charge in [0.25, 0.3) is 0 Å². The molecule has 3 heterocycles. The Morgan fingerprint density at radius 2 is 1.92 bits per heavy atom. The molecule has 0 radical (unpaired) electrons. The van der Waals surface area contributed by atoms with Gasteiger partial charge < -0.3 is 19.9 Å². The summed E-state index contributed by atoms with van der Waals surface area (Å²) in [5, 5.41) is 11.6. The van der Waals surface area contributed by atoms with Gasteiger partial charge in [0.05, 0.1) is 0 Å². The van der Waals surface area contributed by atoms with Gasteiger partial charge in [-0.25, -0.2) is 4.79 Å². The van der Waals surface area contributed by atoms with Crippen molar-refractivity contribution >= 4 is 29.5 Å². The molecule has 0 aromatic carbocycles. The number of carbonyl (C=O) groups is 3. The van der Waals surface area contributed by atoms with Crippen LogP contribution in [0, 0.1) is 0 Å². The zero-order chi connectivity index (χ0) is 17.6. The molecule has 0 spiro atoms. The number of hydrogen-bond donors (Lipinski definition) is 2. The molecule has 3 rings (SSSR count). The summed E-state index contributed by atoms with van der Waals surface area (Å²) in [6, 6.07) is 1.07. The lowest BCUT2D eigenvalue weighted by atomic mass is 9.96. The summed E-state index contributed by atoms with van der Waals surface area (Å²) in [5.74, 6) is -1.78. The molecule has 2 aliphatic rings. The van der Waals surface area contributed by atoms with Crippen molar-refractivity contribution < 1.29 is 19.5 Å². The highest BCUT2D eigenvalue weighted by molar-refractivity contribution is 8.01. The Balaban J connectivity index is 1.66. The molecule has 9 heteroatoms. The van der Waals surface area contributed by atoms with Crippen molar-refractivity contribution in [2.75, 3.05) is 0 Å². The first-order valence-corrected chi connectivity index (χ1v) is 8.27. The molecule has 0 aliphatic carbocycles. The second kappa shape index (κ2) is 5.66. The minimum Gasteiger partial charge on any atom is -0.480 e. The first-order valence-electron chi connectivity index (χ1n) is 7.39. The van der Waals surface area contributed by atoms with Crippen molar-refractivity contribution in [3.05, 3.63) is 34.7 Å². The molecule has 0 bridgehead atoms. The van der Waals surface area contributed by atoms with Crippen molar-refractivity contribution in [3.8, 4) is 0 Å². The normalized spacial score (nSPS) is 27.3. The number of rotatable bonds is 4. The van der Waals surface area contributed by atoms with E-state index in [2.05, 4.69) is 5.32 Å². The van der Waals surface area contributed by atoms with E-state index in [4.69, 9.17) is 0 Å². The van der Waals surface area contributed by atoms with Crippen LogP contribution in [0.25, 0.3) is 0 Å². The molecule has 2 saturated heterocycles. The molecular formula is C15H17N3O5S. The fourth-order valence-corrected chi connectivity index (χ4v) is 4.70. The molecule has 128 valence electrons. The summed E-state index contributed by atoms with van der Waals surface area (Å²) in [4.78, 5) is 48.2. The fourth-order valence-electron chi connectivity index (χ4n) is 3.08. The third kappa shape index (κ3) is 2.68. The number of β-lactam (4-membered cyclic amide) rings is 1. The quantitative estimate of drug-likeness (QED) is 0.707. The molecule has 1 aromatic rings. The lowest BCUT2D eigenvalue weighted by Crippen LogP contribution is -2.70. The molecule has 1 aromatic heterocycles. The van der Waals surface area contributed by atoms with E-state index in [0.29, 0.717) is 0 Å². The van der Waals surface area contributed by atoms with Crippen LogP contribution in [0.4, 0.5) is 0 Å². The Bertz CT molecular complexity index is 754. The van der Waals surface area contributed by atoms with Gasteiger partial charge in [-0.1, -0.05) is 0 Å². The number of nitrogens with one attached hydrogen (secondary N) is 1. The summed E-state index contributed by atoms with van der Waals surface area (Å²) >= 11 is 1.38. The number of hydrogen-bond acceptors (Lipinski definition) is 5. The third-order valence-electron chi connectivity index (χ3n) is 4.18. The molecule has 2 N–H and O–H groups in total. The number of carboxylic acids is 1. The Morgan fingerprint density at radius 1 is 1.29 bits per heavy atom. The molecular weight excluding hydrogens is 334 g/mol. The maximum Gasteiger partial charge on any atom is 0.327 e. The molecule has 8 nitrogen and oxygen atoms in total. The van der Waals surface area contributed by atoms with E-state index in [-0.39, 0.29) is 29.2 Å². The van der Waals surface area contributed by atoms with Crippen molar-refractivity contribution in [1.29, 1.82) is 0 Å². The first-order chi connectivity index (χ1) is 11.2. The number of nitrogens with zero attached hydrogens (tertiary/aromatic N) is 2. The summed E-state index contributed by atoms with van der Waals surface area (Å²) in [6.45, 7) is 3.54. The van der Waals surface area contributed by atoms with Gasteiger partial charge >= 0.3 is 5.97 Å². The molecule has 2 amide bonds. The summed E-state index contributed by atoms with van der Waals surface area (Å²) < 4.78 is 0.910. The van der Waals surface area contributed by atoms with Crippen molar-refractivity contribution in [3.63, 3.8) is 0 Å². The van der Waals surface area contributed by atoms with Gasteiger partial charge in [-0.05, 0) is 13.8 Å². The molecule has 2 aliphatic heterocycles. The molecule has 2 fully saturated rings. The van der Waals surface area contributed by atoms with Gasteiger partial charge in [-0.2, -0.15) is 0 Å². The van der Waals surface area contributed by atoms with Crippen LogP contribution in [0.15, 0.2) is 29.3 Å². The summed E-state index contributed by atoms with van der Waals surface area (Å²) in [7, 11) is 0. The van der Waals surface area contributed by atoms with E-state index in [1.807, 2.05) is 0 Å². The smallest absolute Gasteiger partial charge is 0.327 e. The van der Waals surface area contributed by atoms with Crippen LogP contribution in [0.2, 0.25) is 0 Å². The third-order valence-corrected chi connectivity index (χ3v) is 5.75. The van der Waals surface area contributed by atoms with E-state index in [9.17, 15) is 24.3 Å². The topological polar surface area (TPSA) is 109 Å². The van der Waals surface area contributed by atoms with Gasteiger partial charge in [-0.15, -0.1) is 11.8 Å². The van der Waals surface area contributed by atoms with Crippen LogP contribution in [0.1, 0.15) is 13.8 Å². The van der Waals surface area contributed by atoms with E-state index in [0.717, 1.165) is 0 Å². The number of thioether (sulfide) groups is 1. The monoisotopic (exact) mass is 351 g/mol. The van der Waals surface area contributed by atoms with Crippen LogP contribution >= 0.6 is 11.8 Å². The lowest BCUT2D eigenvalue weighted by molar-refractivity contribution is -0.161. The van der Waals surface area contributed by atoms with Crippen LogP contribution in [-0.4, -0.2) is 54.6 Å². The molecule has 24 heavy (non-hydrogen) atoms. The number of carboxylic acid groups (broad SMARTS) is 1. The highest BCUT2D eigenvalue weighted by Crippen LogP contribution is 2.50. The van der Waals surface area contributed by atoms with E-state index in [1.165, 1.54) is 45.8 Å². The van der Waals surface area contributed by atoms with Gasteiger partial charge in [-0.3, -0.25) is 14.4 Å². The fraction of sp³-hybridized carbons (Fsp3) is 0.467. The number of pyridine rings is 1. The standard InChI is InChI=1S/C15H17N3O5S/c1-15(2)11(14(22)23)18-12(21)10(13(18)24-15)16-9(20)7-17-5-3-8(19)4-6-17/h3-6,10-11,13H,7H2,1-2H3,(H,16,20)(H,22,23)/t10?,11-,13+/m0/s1. The lowest BCUT2D eigenvalue weighted by Gasteiger charge is -2.43. The largest absolute Gasteiger partial charge is 0.480 e. The second-order valence-electron chi connectivity index (χ2n) is 6.35. The van der Waals surface area contributed by atoms with Crippen molar-refractivity contribution in [2.24, 2.45) is 0 Å². The predicted molar refractivity (Wildman–Crippen MR) is 86.4 cm³/mol. The van der Waals surface area contributed by atoms with Crippen LogP contribution in [0.5, 0.6) is 0 Å². The molecule has 0 saturated carbocycles. The molecule has 3 atom stereocenters. The van der Waals surface area contributed by atoms with Gasteiger partial charge in [0.15, 0.2) is 5.43 Å². The zero-order valence-electron chi connectivity index (χ0n) is 13.1. The number of carbonyl (C=O) groups excluding carboxylic acids is 2. The number of aromatic nitrogens is 1. The second-order valence-corrected chi connectivity index (χ2v) is 8.12. The Kier molecular flexibility index (Phi) is 3.90. The van der Waals surface area contributed by atoms with Gasteiger partial charge in [0, 0.05) is 29.3 Å². The Labute approximate surface area is 141 Å². The van der Waals surface area contributed by atoms with E-state index < -0.39 is 22.8 Å². The number of aliphatic carboxylic acids is 1. The van der Waals surface area contributed by atoms with E-state index in [1.54, 1.807) is 13.8 Å². The zero-order valence-corrected chi connectivity index (χ0v) is 13.9. The average Bonchev–Trinajstić information content (AvgIpc) is 2.76. The Morgan fingerprint density at radius 3 is 2.50 bits per heavy atom. The maximum atomic E-state index is 12.3. The molecule has 1 unspecified atom stereocenters. The minimum atomic E-state index is -1.04. The number of amides is 2. The first kappa shape index (κ1) is 16.6.